The molecule has 0 aliphatic carbocycles. The lowest BCUT2D eigenvalue weighted by atomic mass is 9.97. The first-order valence-electron chi connectivity index (χ1n) is 5.42. The number of aryl methyl sites for hydroxylation is 2. The van der Waals surface area contributed by atoms with E-state index in [1.54, 1.807) is 0 Å². The van der Waals surface area contributed by atoms with E-state index in [0.717, 1.165) is 6.61 Å². The molecule has 1 saturated heterocycles. The molecule has 1 aliphatic rings. The van der Waals surface area contributed by atoms with Gasteiger partial charge in [-0.3, -0.25) is 0 Å². The number of thiophene rings is 1. The minimum Gasteiger partial charge on any atom is -0.376 e. The molecular weight excluding hydrogens is 272 g/mol. The van der Waals surface area contributed by atoms with Gasteiger partial charge in [0.05, 0.1) is 10.9 Å². The van der Waals surface area contributed by atoms with Crippen LogP contribution < -0.4 is 0 Å². The van der Waals surface area contributed by atoms with E-state index in [0.29, 0.717) is 16.8 Å². The first-order chi connectivity index (χ1) is 7.09. The van der Waals surface area contributed by atoms with Crippen molar-refractivity contribution in [2.45, 2.75) is 38.1 Å². The van der Waals surface area contributed by atoms with Crippen LogP contribution in [0.1, 0.15) is 33.5 Å². The van der Waals surface area contributed by atoms with E-state index >= 15 is 0 Å². The summed E-state index contributed by atoms with van der Waals surface area (Å²) in [4.78, 5) is 3.16. The summed E-state index contributed by atoms with van der Waals surface area (Å²) in [7, 11) is 0. The van der Waals surface area contributed by atoms with Gasteiger partial charge in [0.25, 0.3) is 0 Å². The highest BCUT2D eigenvalue weighted by molar-refractivity contribution is 9.09. The highest BCUT2D eigenvalue weighted by Gasteiger charge is 2.32. The molecule has 0 bridgehead atoms. The maximum Gasteiger partial charge on any atom is 0.0767 e. The molecular formula is C12H17BrOS. The van der Waals surface area contributed by atoms with Gasteiger partial charge in [-0.2, -0.15) is 0 Å². The van der Waals surface area contributed by atoms with Crippen LogP contribution in [0.5, 0.6) is 0 Å². The van der Waals surface area contributed by atoms with Crippen molar-refractivity contribution in [3.05, 3.63) is 21.4 Å². The summed E-state index contributed by atoms with van der Waals surface area (Å²) in [5, 5.41) is 0. The van der Waals surface area contributed by atoms with E-state index < -0.39 is 0 Å². The first kappa shape index (κ1) is 11.6. The summed E-state index contributed by atoms with van der Waals surface area (Å²) in [5.41, 5.74) is 1.41. The molecule has 1 aliphatic heterocycles. The zero-order valence-electron chi connectivity index (χ0n) is 9.42. The fourth-order valence-corrected chi connectivity index (χ4v) is 4.47. The van der Waals surface area contributed by atoms with Gasteiger partial charge in [0.2, 0.25) is 0 Å². The maximum absolute atomic E-state index is 5.80. The number of ether oxygens (including phenoxy) is 1. The van der Waals surface area contributed by atoms with Gasteiger partial charge in [0, 0.05) is 16.4 Å². The Hall–Kier alpha value is 0.140. The standard InChI is InChI=1S/C12H17BrOS/c1-7-4-5-14-12(7)11(13)10-6-8(2)15-9(10)3/h6-7,11-12H,4-5H2,1-3H3. The van der Waals surface area contributed by atoms with Gasteiger partial charge in [-0.25, -0.2) is 0 Å². The molecule has 2 heterocycles. The second-order valence-electron chi connectivity index (χ2n) is 4.37. The number of alkyl halides is 1. The Morgan fingerprint density at radius 3 is 2.73 bits per heavy atom. The highest BCUT2D eigenvalue weighted by Crippen LogP contribution is 2.40. The molecule has 3 unspecified atom stereocenters. The summed E-state index contributed by atoms with van der Waals surface area (Å²) in [6, 6.07) is 2.29. The molecule has 84 valence electrons. The Balaban J connectivity index is 2.19. The molecule has 0 radical (unpaired) electrons. The molecule has 1 fully saturated rings. The Kier molecular flexibility index (Phi) is 3.53. The lowest BCUT2D eigenvalue weighted by molar-refractivity contribution is 0.0934. The molecule has 0 amide bonds. The first-order valence-corrected chi connectivity index (χ1v) is 7.15. The van der Waals surface area contributed by atoms with Gasteiger partial charge in [0.1, 0.15) is 0 Å². The third-order valence-electron chi connectivity index (χ3n) is 3.11. The van der Waals surface area contributed by atoms with E-state index in [2.05, 4.69) is 42.8 Å². The van der Waals surface area contributed by atoms with Crippen molar-refractivity contribution in [1.29, 1.82) is 0 Å². The minimum absolute atomic E-state index is 0.345. The van der Waals surface area contributed by atoms with E-state index in [1.807, 2.05) is 11.3 Å². The van der Waals surface area contributed by atoms with Gasteiger partial charge in [-0.05, 0) is 37.8 Å². The Morgan fingerprint density at radius 2 is 2.27 bits per heavy atom. The van der Waals surface area contributed by atoms with Crippen LogP contribution in [0.25, 0.3) is 0 Å². The van der Waals surface area contributed by atoms with E-state index in [1.165, 1.54) is 21.7 Å². The summed E-state index contributed by atoms with van der Waals surface area (Å²) in [5.74, 6) is 0.661. The molecule has 15 heavy (non-hydrogen) atoms. The van der Waals surface area contributed by atoms with Crippen molar-refractivity contribution in [2.75, 3.05) is 6.61 Å². The van der Waals surface area contributed by atoms with Crippen molar-refractivity contribution in [1.82, 2.24) is 0 Å². The minimum atomic E-state index is 0.345. The van der Waals surface area contributed by atoms with Gasteiger partial charge >= 0.3 is 0 Å². The van der Waals surface area contributed by atoms with Crippen molar-refractivity contribution >= 4 is 27.3 Å². The molecule has 3 atom stereocenters. The van der Waals surface area contributed by atoms with Crippen LogP contribution in [-0.4, -0.2) is 12.7 Å². The SMILES string of the molecule is Cc1cc(C(Br)C2OCCC2C)c(C)s1. The number of hydrogen-bond acceptors (Lipinski definition) is 2. The number of hydrogen-bond donors (Lipinski definition) is 0. The Morgan fingerprint density at radius 1 is 1.53 bits per heavy atom. The second kappa shape index (κ2) is 4.56. The van der Waals surface area contributed by atoms with Crippen LogP contribution in [0.3, 0.4) is 0 Å². The van der Waals surface area contributed by atoms with Crippen LogP contribution in [0.2, 0.25) is 0 Å². The molecule has 3 heteroatoms. The van der Waals surface area contributed by atoms with Gasteiger partial charge in [-0.1, -0.05) is 22.9 Å². The van der Waals surface area contributed by atoms with Crippen LogP contribution in [0, 0.1) is 19.8 Å². The normalized spacial score (nSPS) is 28.3. The van der Waals surface area contributed by atoms with Crippen molar-refractivity contribution in [3.63, 3.8) is 0 Å². The number of halogens is 1. The Labute approximate surface area is 104 Å². The molecule has 0 saturated carbocycles. The van der Waals surface area contributed by atoms with Crippen LogP contribution in [0.4, 0.5) is 0 Å². The highest BCUT2D eigenvalue weighted by atomic mass is 79.9. The van der Waals surface area contributed by atoms with Crippen molar-refractivity contribution < 1.29 is 4.74 Å². The average Bonchev–Trinajstić information content (AvgIpc) is 2.71. The molecule has 0 spiro atoms. The fourth-order valence-electron chi connectivity index (χ4n) is 2.19. The predicted octanol–water partition coefficient (Wildman–Crippen LogP) is 4.23. The lowest BCUT2D eigenvalue weighted by Crippen LogP contribution is -2.19. The third-order valence-corrected chi connectivity index (χ3v) is 5.11. The topological polar surface area (TPSA) is 9.23 Å². The molecule has 0 N–H and O–H groups in total. The quantitative estimate of drug-likeness (QED) is 0.740. The predicted molar refractivity (Wildman–Crippen MR) is 69.0 cm³/mol. The van der Waals surface area contributed by atoms with Crippen LogP contribution >= 0.6 is 27.3 Å². The van der Waals surface area contributed by atoms with Gasteiger partial charge in [-0.15, -0.1) is 11.3 Å². The summed E-state index contributed by atoms with van der Waals surface area (Å²) in [6.07, 6.45) is 1.53. The summed E-state index contributed by atoms with van der Waals surface area (Å²) >= 11 is 5.67. The third kappa shape index (κ3) is 2.29. The number of rotatable bonds is 2. The monoisotopic (exact) mass is 288 g/mol. The van der Waals surface area contributed by atoms with Crippen LogP contribution in [-0.2, 0) is 4.74 Å². The largest absolute Gasteiger partial charge is 0.376 e. The average molecular weight is 289 g/mol. The molecule has 2 rings (SSSR count). The van der Waals surface area contributed by atoms with Crippen molar-refractivity contribution in [2.24, 2.45) is 5.92 Å². The van der Waals surface area contributed by atoms with E-state index in [9.17, 15) is 0 Å². The second-order valence-corrected chi connectivity index (χ2v) is 6.82. The molecule has 0 aromatic carbocycles. The summed E-state index contributed by atoms with van der Waals surface area (Å²) < 4.78 is 5.80. The molecule has 1 nitrogen and oxygen atoms in total. The molecule has 1 aromatic rings. The van der Waals surface area contributed by atoms with Gasteiger partial charge in [0.15, 0.2) is 0 Å². The maximum atomic E-state index is 5.80. The van der Waals surface area contributed by atoms with Crippen LogP contribution in [0.15, 0.2) is 6.07 Å². The van der Waals surface area contributed by atoms with Crippen molar-refractivity contribution in [3.8, 4) is 0 Å². The van der Waals surface area contributed by atoms with E-state index in [-0.39, 0.29) is 0 Å². The molecule has 1 aromatic heterocycles. The zero-order valence-corrected chi connectivity index (χ0v) is 11.8. The smallest absolute Gasteiger partial charge is 0.0767 e. The zero-order chi connectivity index (χ0) is 11.0. The van der Waals surface area contributed by atoms with E-state index in [4.69, 9.17) is 4.74 Å². The fraction of sp³-hybridized carbons (Fsp3) is 0.667. The Bertz CT molecular complexity index is 347. The van der Waals surface area contributed by atoms with Gasteiger partial charge < -0.3 is 4.74 Å². The lowest BCUT2D eigenvalue weighted by Gasteiger charge is -2.21. The summed E-state index contributed by atoms with van der Waals surface area (Å²) in [6.45, 7) is 7.55.